The van der Waals surface area contributed by atoms with Crippen molar-refractivity contribution in [3.8, 4) is 22.3 Å². The van der Waals surface area contributed by atoms with E-state index in [0.717, 1.165) is 52.8 Å². The lowest BCUT2D eigenvalue weighted by Gasteiger charge is -2.41. The maximum absolute atomic E-state index is 10.5. The van der Waals surface area contributed by atoms with Crippen molar-refractivity contribution in [2.24, 2.45) is 0 Å². The third-order valence-corrected chi connectivity index (χ3v) is 9.14. The van der Waals surface area contributed by atoms with Crippen molar-refractivity contribution in [3.63, 3.8) is 0 Å². The predicted octanol–water partition coefficient (Wildman–Crippen LogP) is 8.36. The van der Waals surface area contributed by atoms with E-state index in [1.807, 2.05) is 36.4 Å². The highest BCUT2D eigenvalue weighted by Gasteiger charge is 2.40. The van der Waals surface area contributed by atoms with Gasteiger partial charge in [-0.15, -0.1) is 0 Å². The van der Waals surface area contributed by atoms with E-state index in [1.165, 1.54) is 38.6 Å². The largest absolute Gasteiger partial charge is 0.489 e. The van der Waals surface area contributed by atoms with Crippen LogP contribution in [0.4, 0.5) is 0 Å². The van der Waals surface area contributed by atoms with Crippen LogP contribution in [0.25, 0.3) is 54.6 Å². The van der Waals surface area contributed by atoms with Gasteiger partial charge in [-0.25, -0.2) is 0 Å². The molecule has 0 radical (unpaired) electrons. The Bertz CT molecular complexity index is 1860. The summed E-state index contributed by atoms with van der Waals surface area (Å²) >= 11 is 0. The topological polar surface area (TPSA) is 40.5 Å². The molecular formula is C37H33BO2. The summed E-state index contributed by atoms with van der Waals surface area (Å²) in [6.07, 6.45) is 4.49. The fraction of sp³-hybridized carbons (Fsp3) is 0.189. The number of hydrogen-bond acceptors (Lipinski definition) is 2. The summed E-state index contributed by atoms with van der Waals surface area (Å²) in [5.74, 6) is 0. The molecule has 0 saturated heterocycles. The normalized spacial score (nSPS) is 13.6. The molecule has 0 amide bonds. The summed E-state index contributed by atoms with van der Waals surface area (Å²) in [7, 11) is -1.56. The fourth-order valence-corrected chi connectivity index (χ4v) is 7.78. The first-order valence-corrected chi connectivity index (χ1v) is 14.6. The molecule has 0 bridgehead atoms. The van der Waals surface area contributed by atoms with Gasteiger partial charge in [0.1, 0.15) is 0 Å². The molecule has 0 atom stereocenters. The van der Waals surface area contributed by atoms with Gasteiger partial charge in [0, 0.05) is 5.41 Å². The van der Waals surface area contributed by atoms with Crippen molar-refractivity contribution >= 4 is 44.9 Å². The molecule has 2 N–H and O–H groups in total. The van der Waals surface area contributed by atoms with Gasteiger partial charge in [-0.05, 0) is 84.0 Å². The minimum absolute atomic E-state index is 0.0137. The number of rotatable bonds is 6. The average molecular weight is 520 g/mol. The third kappa shape index (κ3) is 3.44. The molecule has 0 aliphatic heterocycles. The Morgan fingerprint density at radius 1 is 0.525 bits per heavy atom. The van der Waals surface area contributed by atoms with Crippen molar-refractivity contribution in [1.29, 1.82) is 0 Å². The molecule has 40 heavy (non-hydrogen) atoms. The van der Waals surface area contributed by atoms with Gasteiger partial charge in [-0.2, -0.15) is 0 Å². The summed E-state index contributed by atoms with van der Waals surface area (Å²) in [5.41, 5.74) is 8.46. The van der Waals surface area contributed by atoms with E-state index in [0.29, 0.717) is 5.46 Å². The zero-order valence-electron chi connectivity index (χ0n) is 23.1. The molecule has 7 rings (SSSR count). The summed E-state index contributed by atoms with van der Waals surface area (Å²) < 4.78 is 0. The van der Waals surface area contributed by atoms with Crippen LogP contribution in [0.3, 0.4) is 0 Å². The minimum atomic E-state index is -1.56. The lowest BCUT2D eigenvalue weighted by molar-refractivity contribution is 0.426. The van der Waals surface area contributed by atoms with Crippen LogP contribution in [0.15, 0.2) is 103 Å². The van der Waals surface area contributed by atoms with Crippen LogP contribution in [0, 0.1) is 0 Å². The molecule has 6 aromatic rings. The molecule has 0 saturated carbocycles. The van der Waals surface area contributed by atoms with E-state index in [-0.39, 0.29) is 5.41 Å². The first-order chi connectivity index (χ1) is 19.6. The van der Waals surface area contributed by atoms with Crippen molar-refractivity contribution in [3.05, 3.63) is 114 Å². The standard InChI is InChI=1S/C37H33BO2/c1-3-22-37(23-4-2)32-18-10-9-12-24(32)28-20-21-29(25-17-11-19-33(37)35(25)28)34-26-13-5-7-15-30(26)36(38(39)40)31-16-8-6-14-27(31)34/h5-21,39-40H,3-4,22-23H2,1-2H3. The average Bonchev–Trinajstić information content (AvgIpc) is 2.98. The molecule has 3 heteroatoms. The molecule has 0 fully saturated rings. The number of fused-ring (bicyclic) bond motifs is 4. The van der Waals surface area contributed by atoms with Crippen LogP contribution >= 0.6 is 0 Å². The molecule has 196 valence electrons. The Balaban J connectivity index is 1.65. The summed E-state index contributed by atoms with van der Waals surface area (Å²) in [6.45, 7) is 4.61. The molecule has 0 aromatic heterocycles. The van der Waals surface area contributed by atoms with Crippen molar-refractivity contribution < 1.29 is 10.0 Å². The zero-order chi connectivity index (χ0) is 27.4. The molecule has 1 aliphatic carbocycles. The maximum atomic E-state index is 10.5. The third-order valence-electron chi connectivity index (χ3n) is 9.14. The lowest BCUT2D eigenvalue weighted by atomic mass is 9.62. The molecule has 0 unspecified atom stereocenters. The van der Waals surface area contributed by atoms with E-state index in [2.05, 4.69) is 80.6 Å². The van der Waals surface area contributed by atoms with Gasteiger partial charge in [0.05, 0.1) is 0 Å². The summed E-state index contributed by atoms with van der Waals surface area (Å²) in [6, 6.07) is 36.8. The highest BCUT2D eigenvalue weighted by molar-refractivity contribution is 6.66. The van der Waals surface area contributed by atoms with Gasteiger partial charge >= 0.3 is 7.12 Å². The molecule has 0 spiro atoms. The summed E-state index contributed by atoms with van der Waals surface area (Å²) in [5, 5.41) is 27.4. The fourth-order valence-electron chi connectivity index (χ4n) is 7.78. The Hall–Kier alpha value is -3.92. The molecule has 1 aliphatic rings. The predicted molar refractivity (Wildman–Crippen MR) is 170 cm³/mol. The van der Waals surface area contributed by atoms with Crippen molar-refractivity contribution in [1.82, 2.24) is 0 Å². The van der Waals surface area contributed by atoms with Crippen molar-refractivity contribution in [2.75, 3.05) is 0 Å². The Morgan fingerprint density at radius 3 is 1.68 bits per heavy atom. The first-order valence-electron chi connectivity index (χ1n) is 14.6. The maximum Gasteiger partial charge on any atom is 0.489 e. The monoisotopic (exact) mass is 520 g/mol. The van der Waals surface area contributed by atoms with Crippen LogP contribution < -0.4 is 5.46 Å². The molecule has 2 nitrogen and oxygen atoms in total. The molecule has 0 heterocycles. The van der Waals surface area contributed by atoms with Gasteiger partial charge in [-0.1, -0.05) is 130 Å². The van der Waals surface area contributed by atoms with Crippen molar-refractivity contribution in [2.45, 2.75) is 44.9 Å². The van der Waals surface area contributed by atoms with E-state index in [4.69, 9.17) is 0 Å². The van der Waals surface area contributed by atoms with Crippen LogP contribution in [0.5, 0.6) is 0 Å². The number of benzene rings is 6. The minimum Gasteiger partial charge on any atom is -0.423 e. The van der Waals surface area contributed by atoms with E-state index in [1.54, 1.807) is 0 Å². The van der Waals surface area contributed by atoms with Crippen LogP contribution in [-0.4, -0.2) is 17.2 Å². The Kier molecular flexibility index (Phi) is 6.03. The molecule has 6 aromatic carbocycles. The summed E-state index contributed by atoms with van der Waals surface area (Å²) in [4.78, 5) is 0. The first kappa shape index (κ1) is 25.1. The van der Waals surface area contributed by atoms with Crippen LogP contribution in [-0.2, 0) is 5.41 Å². The van der Waals surface area contributed by atoms with E-state index < -0.39 is 7.12 Å². The lowest BCUT2D eigenvalue weighted by Crippen LogP contribution is -2.31. The van der Waals surface area contributed by atoms with Gasteiger partial charge in [0.15, 0.2) is 0 Å². The van der Waals surface area contributed by atoms with Gasteiger partial charge < -0.3 is 10.0 Å². The second-order valence-electron chi connectivity index (χ2n) is 11.3. The quantitative estimate of drug-likeness (QED) is 0.171. The molecular weight excluding hydrogens is 487 g/mol. The number of hydrogen-bond donors (Lipinski definition) is 2. The van der Waals surface area contributed by atoms with Gasteiger partial charge in [-0.3, -0.25) is 0 Å². The SMILES string of the molecule is CCCC1(CCC)c2ccccc2-c2ccc(-c3c4ccccc4c(B(O)O)c4ccccc34)c3cccc1c23. The van der Waals surface area contributed by atoms with Crippen LogP contribution in [0.2, 0.25) is 0 Å². The highest BCUT2D eigenvalue weighted by atomic mass is 16.4. The smallest absolute Gasteiger partial charge is 0.423 e. The van der Waals surface area contributed by atoms with Crippen LogP contribution in [0.1, 0.15) is 50.7 Å². The second-order valence-corrected chi connectivity index (χ2v) is 11.3. The van der Waals surface area contributed by atoms with E-state index >= 15 is 0 Å². The Morgan fingerprint density at radius 2 is 1.05 bits per heavy atom. The zero-order valence-corrected chi connectivity index (χ0v) is 23.1. The van der Waals surface area contributed by atoms with E-state index in [9.17, 15) is 10.0 Å². The highest BCUT2D eigenvalue weighted by Crippen LogP contribution is 2.54. The van der Waals surface area contributed by atoms with Gasteiger partial charge in [0.25, 0.3) is 0 Å². The van der Waals surface area contributed by atoms with Gasteiger partial charge in [0.2, 0.25) is 0 Å². The second kappa shape index (κ2) is 9.62. The Labute approximate surface area is 236 Å².